The Balaban J connectivity index is 1.30. The highest BCUT2D eigenvalue weighted by molar-refractivity contribution is 6.25. The molecule has 5 heteroatoms. The summed E-state index contributed by atoms with van der Waals surface area (Å²) in [6.45, 7) is 0. The summed E-state index contributed by atoms with van der Waals surface area (Å²) < 4.78 is 0. The second-order valence-electron chi connectivity index (χ2n) is 11.2. The molecule has 6 aromatic carbocycles. The van der Waals surface area contributed by atoms with Crippen molar-refractivity contribution < 1.29 is 0 Å². The van der Waals surface area contributed by atoms with Crippen LogP contribution in [0.3, 0.4) is 0 Å². The number of nitrogens with zero attached hydrogens (tertiary/aromatic N) is 5. The van der Waals surface area contributed by atoms with E-state index in [9.17, 15) is 0 Å². The molecule has 0 unspecified atom stereocenters. The van der Waals surface area contributed by atoms with E-state index in [0.717, 1.165) is 44.4 Å². The number of benzene rings is 6. The van der Waals surface area contributed by atoms with Crippen LogP contribution in [0, 0.1) is 0 Å². The third-order valence-electron chi connectivity index (χ3n) is 8.56. The van der Waals surface area contributed by atoms with Gasteiger partial charge in [-0.25, -0.2) is 0 Å². The molecule has 0 aliphatic heterocycles. The highest BCUT2D eigenvalue weighted by atomic mass is 15.5. The maximum Gasteiger partial charge on any atom is 0.121 e. The second-order valence-corrected chi connectivity index (χ2v) is 11.2. The highest BCUT2D eigenvalue weighted by Crippen LogP contribution is 2.46. The summed E-state index contributed by atoms with van der Waals surface area (Å²) in [5.41, 5.74) is 8.93. The smallest absolute Gasteiger partial charge is 0.121 e. The number of aromatic nitrogens is 5. The normalized spacial score (nSPS) is 11.6. The topological polar surface area (TPSA) is 56.5 Å². The van der Waals surface area contributed by atoms with Crippen molar-refractivity contribution in [3.63, 3.8) is 0 Å². The lowest BCUT2D eigenvalue weighted by atomic mass is 9.84. The van der Waals surface area contributed by atoms with Crippen LogP contribution in [0.4, 0.5) is 0 Å². The third kappa shape index (κ3) is 4.09. The van der Waals surface area contributed by atoms with Crippen LogP contribution in [-0.4, -0.2) is 25.0 Å². The van der Waals surface area contributed by atoms with Crippen LogP contribution < -0.4 is 0 Å². The Morgan fingerprint density at radius 1 is 0.444 bits per heavy atom. The molecule has 9 aromatic rings. The average molecular weight is 576 g/mol. The Labute approximate surface area is 259 Å². The molecular formula is C40H25N5. The van der Waals surface area contributed by atoms with E-state index >= 15 is 0 Å². The van der Waals surface area contributed by atoms with E-state index in [1.54, 1.807) is 17.2 Å². The van der Waals surface area contributed by atoms with Gasteiger partial charge in [0.25, 0.3) is 0 Å². The van der Waals surface area contributed by atoms with Crippen molar-refractivity contribution in [2.45, 2.75) is 0 Å². The largest absolute Gasteiger partial charge is 0.255 e. The lowest BCUT2D eigenvalue weighted by Crippen LogP contribution is -1.99. The van der Waals surface area contributed by atoms with Gasteiger partial charge in [0.15, 0.2) is 0 Å². The number of rotatable bonds is 4. The SMILES string of the molecule is c1ccc(-c2c3ccccc3c(-c3cc4nn(-c5ccc(-c6ccccn6)nc5)nc4c4ccccc34)c3ccccc23)cc1. The summed E-state index contributed by atoms with van der Waals surface area (Å²) in [5, 5.41) is 17.1. The average Bonchev–Trinajstić information content (AvgIpc) is 3.56. The van der Waals surface area contributed by atoms with Crippen LogP contribution in [-0.2, 0) is 0 Å². The molecular weight excluding hydrogens is 550 g/mol. The molecule has 210 valence electrons. The van der Waals surface area contributed by atoms with E-state index in [1.165, 1.54) is 38.2 Å². The predicted molar refractivity (Wildman–Crippen MR) is 183 cm³/mol. The van der Waals surface area contributed by atoms with E-state index in [0.29, 0.717) is 0 Å². The van der Waals surface area contributed by atoms with Crippen molar-refractivity contribution in [2.75, 3.05) is 0 Å². The number of fused-ring (bicyclic) bond motifs is 5. The Kier molecular flexibility index (Phi) is 5.74. The minimum absolute atomic E-state index is 0.791. The molecule has 0 fully saturated rings. The molecule has 3 aromatic heterocycles. The van der Waals surface area contributed by atoms with Crippen LogP contribution in [0.1, 0.15) is 0 Å². The number of hydrogen-bond donors (Lipinski definition) is 0. The molecule has 45 heavy (non-hydrogen) atoms. The van der Waals surface area contributed by atoms with Crippen molar-refractivity contribution >= 4 is 43.4 Å². The van der Waals surface area contributed by atoms with Crippen LogP contribution in [0.25, 0.3) is 82.7 Å². The summed E-state index contributed by atoms with van der Waals surface area (Å²) >= 11 is 0. The van der Waals surface area contributed by atoms with Crippen molar-refractivity contribution in [3.05, 3.63) is 152 Å². The van der Waals surface area contributed by atoms with Crippen LogP contribution in [0.2, 0.25) is 0 Å². The molecule has 0 saturated heterocycles. The van der Waals surface area contributed by atoms with Crippen molar-refractivity contribution in [2.24, 2.45) is 0 Å². The molecule has 0 amide bonds. The first-order chi connectivity index (χ1) is 22.3. The zero-order chi connectivity index (χ0) is 29.7. The quantitative estimate of drug-likeness (QED) is 0.196. The number of pyridine rings is 2. The van der Waals surface area contributed by atoms with E-state index in [-0.39, 0.29) is 0 Å². The summed E-state index contributed by atoms with van der Waals surface area (Å²) in [6.07, 6.45) is 3.58. The monoisotopic (exact) mass is 575 g/mol. The van der Waals surface area contributed by atoms with Crippen LogP contribution in [0.5, 0.6) is 0 Å². The molecule has 0 aliphatic carbocycles. The maximum absolute atomic E-state index is 5.00. The van der Waals surface area contributed by atoms with Gasteiger partial charge in [-0.3, -0.25) is 9.97 Å². The number of hydrogen-bond acceptors (Lipinski definition) is 4. The molecule has 0 aliphatic rings. The standard InChI is InChI=1S/C40H25N5/c1-2-12-26(13-3-1)38-29-15-5-7-17-31(29)39(32-18-8-6-16-30(32)38)34-24-37-40(33-19-9-4-14-28(33)34)44-45(43-37)27-21-22-36(42-25-27)35-20-10-11-23-41-35/h1-25H. The van der Waals surface area contributed by atoms with Crippen molar-refractivity contribution in [1.82, 2.24) is 25.0 Å². The van der Waals surface area contributed by atoms with Gasteiger partial charge in [-0.15, -0.1) is 15.0 Å². The Morgan fingerprint density at radius 2 is 1.04 bits per heavy atom. The molecule has 0 atom stereocenters. The second kappa shape index (κ2) is 10.2. The Hall–Kier alpha value is -6.20. The molecule has 3 heterocycles. The Bertz CT molecular complexity index is 2460. The summed E-state index contributed by atoms with van der Waals surface area (Å²) in [4.78, 5) is 10.8. The summed E-state index contributed by atoms with van der Waals surface area (Å²) in [7, 11) is 0. The van der Waals surface area contributed by atoms with Gasteiger partial charge in [0.05, 0.1) is 17.6 Å². The summed E-state index contributed by atoms with van der Waals surface area (Å²) in [5.74, 6) is 0. The molecule has 0 saturated carbocycles. The first-order valence-corrected chi connectivity index (χ1v) is 15.0. The Morgan fingerprint density at radius 3 is 1.69 bits per heavy atom. The van der Waals surface area contributed by atoms with Crippen molar-refractivity contribution in [3.8, 4) is 39.3 Å². The minimum Gasteiger partial charge on any atom is -0.255 e. The lowest BCUT2D eigenvalue weighted by Gasteiger charge is -2.18. The molecule has 9 rings (SSSR count). The van der Waals surface area contributed by atoms with Crippen LogP contribution in [0.15, 0.2) is 152 Å². The highest BCUT2D eigenvalue weighted by Gasteiger charge is 2.20. The molecule has 5 nitrogen and oxygen atoms in total. The fourth-order valence-corrected chi connectivity index (χ4v) is 6.57. The van der Waals surface area contributed by atoms with Gasteiger partial charge < -0.3 is 0 Å². The zero-order valence-electron chi connectivity index (χ0n) is 24.2. The first kappa shape index (κ1) is 25.3. The molecule has 0 bridgehead atoms. The van der Waals surface area contributed by atoms with Gasteiger partial charge in [-0.1, -0.05) is 109 Å². The third-order valence-corrected chi connectivity index (χ3v) is 8.56. The zero-order valence-corrected chi connectivity index (χ0v) is 24.2. The van der Waals surface area contributed by atoms with Gasteiger partial charge in [0.2, 0.25) is 0 Å². The molecule has 0 N–H and O–H groups in total. The first-order valence-electron chi connectivity index (χ1n) is 15.0. The van der Waals surface area contributed by atoms with Gasteiger partial charge in [0, 0.05) is 11.6 Å². The van der Waals surface area contributed by atoms with E-state index < -0.39 is 0 Å². The van der Waals surface area contributed by atoms with E-state index in [2.05, 4.69) is 119 Å². The van der Waals surface area contributed by atoms with Crippen molar-refractivity contribution in [1.29, 1.82) is 0 Å². The fourth-order valence-electron chi connectivity index (χ4n) is 6.57. The van der Waals surface area contributed by atoms with Gasteiger partial charge in [0.1, 0.15) is 16.7 Å². The maximum atomic E-state index is 5.00. The van der Waals surface area contributed by atoms with E-state index in [4.69, 9.17) is 10.2 Å². The van der Waals surface area contributed by atoms with Gasteiger partial charge in [-0.05, 0) is 79.5 Å². The minimum atomic E-state index is 0.791. The van der Waals surface area contributed by atoms with Crippen LogP contribution >= 0.6 is 0 Å². The fraction of sp³-hybridized carbons (Fsp3) is 0. The predicted octanol–water partition coefficient (Wildman–Crippen LogP) is 9.67. The molecule has 0 spiro atoms. The van der Waals surface area contributed by atoms with Gasteiger partial charge >= 0.3 is 0 Å². The van der Waals surface area contributed by atoms with E-state index in [1.807, 2.05) is 30.3 Å². The van der Waals surface area contributed by atoms with Gasteiger partial charge in [-0.2, -0.15) is 0 Å². The molecule has 0 radical (unpaired) electrons. The lowest BCUT2D eigenvalue weighted by molar-refractivity contribution is 0.762. The summed E-state index contributed by atoms with van der Waals surface area (Å²) in [6, 6.07) is 48.7.